The molecule has 0 unspecified atom stereocenters. The molecule has 0 spiro atoms. The number of ether oxygens (including phenoxy) is 1. The molecule has 0 aromatic heterocycles. The van der Waals surface area contributed by atoms with E-state index >= 15 is 0 Å². The normalized spacial score (nSPS) is 11.1. The van der Waals surface area contributed by atoms with Crippen molar-refractivity contribution in [3.8, 4) is 0 Å². The number of nitrogens with zero attached hydrogens (tertiary/aromatic N) is 1. The molecule has 1 rings (SSSR count). The molecule has 3 heteroatoms. The highest BCUT2D eigenvalue weighted by molar-refractivity contribution is 5.22. The molecule has 0 radical (unpaired) electrons. The summed E-state index contributed by atoms with van der Waals surface area (Å²) in [5.74, 6) is 0. The first-order valence-corrected chi connectivity index (χ1v) is 6.88. The van der Waals surface area contributed by atoms with Crippen LogP contribution in [0.15, 0.2) is 24.3 Å². The SMILES string of the molecule is CCOCCN(CC)Cc1ccc(CCN)cc1. The van der Waals surface area contributed by atoms with E-state index in [9.17, 15) is 0 Å². The number of nitrogens with two attached hydrogens (primary N) is 1. The van der Waals surface area contributed by atoms with Gasteiger partial charge in [0.1, 0.15) is 0 Å². The average Bonchev–Trinajstić information content (AvgIpc) is 2.40. The average molecular weight is 250 g/mol. The Morgan fingerprint density at radius 3 is 2.33 bits per heavy atom. The smallest absolute Gasteiger partial charge is 0.0593 e. The van der Waals surface area contributed by atoms with Crippen LogP contribution in [0, 0.1) is 0 Å². The van der Waals surface area contributed by atoms with Crippen LogP contribution in [-0.2, 0) is 17.7 Å². The molecule has 102 valence electrons. The lowest BCUT2D eigenvalue weighted by Crippen LogP contribution is -2.27. The molecule has 0 saturated carbocycles. The lowest BCUT2D eigenvalue weighted by molar-refractivity contribution is 0.113. The molecule has 1 aromatic rings. The van der Waals surface area contributed by atoms with Gasteiger partial charge in [0.05, 0.1) is 6.61 Å². The van der Waals surface area contributed by atoms with Crippen LogP contribution >= 0.6 is 0 Å². The maximum atomic E-state index is 5.55. The van der Waals surface area contributed by atoms with E-state index in [1.54, 1.807) is 0 Å². The number of rotatable bonds is 9. The van der Waals surface area contributed by atoms with Crippen molar-refractivity contribution in [2.24, 2.45) is 5.73 Å². The highest BCUT2D eigenvalue weighted by atomic mass is 16.5. The summed E-state index contributed by atoms with van der Waals surface area (Å²) in [7, 11) is 0. The summed E-state index contributed by atoms with van der Waals surface area (Å²) in [5.41, 5.74) is 8.22. The van der Waals surface area contributed by atoms with E-state index in [0.29, 0.717) is 0 Å². The third-order valence-corrected chi connectivity index (χ3v) is 3.07. The minimum Gasteiger partial charge on any atom is -0.380 e. The second-order valence-electron chi connectivity index (χ2n) is 4.42. The second kappa shape index (κ2) is 9.09. The fourth-order valence-corrected chi connectivity index (χ4v) is 1.92. The van der Waals surface area contributed by atoms with Crippen molar-refractivity contribution in [2.75, 3.05) is 32.8 Å². The van der Waals surface area contributed by atoms with Gasteiger partial charge in [-0.25, -0.2) is 0 Å². The molecule has 0 heterocycles. The van der Waals surface area contributed by atoms with Crippen LogP contribution in [0.5, 0.6) is 0 Å². The van der Waals surface area contributed by atoms with E-state index in [2.05, 4.69) is 36.1 Å². The van der Waals surface area contributed by atoms with E-state index in [1.165, 1.54) is 11.1 Å². The van der Waals surface area contributed by atoms with Gasteiger partial charge in [-0.05, 0) is 37.6 Å². The molecule has 1 aromatic carbocycles. The van der Waals surface area contributed by atoms with Crippen molar-refractivity contribution in [1.82, 2.24) is 4.90 Å². The fraction of sp³-hybridized carbons (Fsp3) is 0.600. The molecule has 2 N–H and O–H groups in total. The monoisotopic (exact) mass is 250 g/mol. The van der Waals surface area contributed by atoms with Crippen LogP contribution in [0.25, 0.3) is 0 Å². The Morgan fingerprint density at radius 2 is 1.78 bits per heavy atom. The zero-order valence-electron chi connectivity index (χ0n) is 11.7. The van der Waals surface area contributed by atoms with Crippen LogP contribution in [0.3, 0.4) is 0 Å². The van der Waals surface area contributed by atoms with Gasteiger partial charge in [-0.2, -0.15) is 0 Å². The molecule has 3 nitrogen and oxygen atoms in total. The molecular weight excluding hydrogens is 224 g/mol. The van der Waals surface area contributed by atoms with Crippen molar-refractivity contribution in [1.29, 1.82) is 0 Å². The van der Waals surface area contributed by atoms with Crippen molar-refractivity contribution < 1.29 is 4.74 Å². The molecule has 0 aliphatic rings. The zero-order chi connectivity index (χ0) is 13.2. The number of hydrogen-bond donors (Lipinski definition) is 1. The van der Waals surface area contributed by atoms with Gasteiger partial charge in [0.15, 0.2) is 0 Å². The third kappa shape index (κ3) is 5.63. The summed E-state index contributed by atoms with van der Waals surface area (Å²) in [6.45, 7) is 9.59. The minimum atomic E-state index is 0.717. The van der Waals surface area contributed by atoms with Gasteiger partial charge in [-0.15, -0.1) is 0 Å². The van der Waals surface area contributed by atoms with Gasteiger partial charge in [0.2, 0.25) is 0 Å². The maximum Gasteiger partial charge on any atom is 0.0593 e. The first-order valence-electron chi connectivity index (χ1n) is 6.88. The highest BCUT2D eigenvalue weighted by Crippen LogP contribution is 2.08. The van der Waals surface area contributed by atoms with Crippen molar-refractivity contribution in [3.05, 3.63) is 35.4 Å². The first kappa shape index (κ1) is 15.2. The Hall–Kier alpha value is -0.900. The van der Waals surface area contributed by atoms with Gasteiger partial charge in [-0.3, -0.25) is 4.90 Å². The van der Waals surface area contributed by atoms with E-state index in [1.807, 2.05) is 6.92 Å². The van der Waals surface area contributed by atoms with Gasteiger partial charge >= 0.3 is 0 Å². The van der Waals surface area contributed by atoms with Gasteiger partial charge in [-0.1, -0.05) is 31.2 Å². The summed E-state index contributed by atoms with van der Waals surface area (Å²) in [6, 6.07) is 8.76. The van der Waals surface area contributed by atoms with Gasteiger partial charge < -0.3 is 10.5 Å². The Bertz CT molecular complexity index is 311. The standard InChI is InChI=1S/C15H26N2O/c1-3-17(11-12-18-4-2)13-15-7-5-14(6-8-15)9-10-16/h5-8H,3-4,9-13,16H2,1-2H3. The Kier molecular flexibility index (Phi) is 7.65. The van der Waals surface area contributed by atoms with Crippen LogP contribution in [0.2, 0.25) is 0 Å². The number of hydrogen-bond acceptors (Lipinski definition) is 3. The minimum absolute atomic E-state index is 0.717. The molecule has 18 heavy (non-hydrogen) atoms. The Balaban J connectivity index is 2.43. The predicted molar refractivity (Wildman–Crippen MR) is 76.6 cm³/mol. The molecule has 0 amide bonds. The second-order valence-corrected chi connectivity index (χ2v) is 4.42. The summed E-state index contributed by atoms with van der Waals surface area (Å²) in [4.78, 5) is 2.40. The van der Waals surface area contributed by atoms with Crippen molar-refractivity contribution in [2.45, 2.75) is 26.8 Å². The van der Waals surface area contributed by atoms with E-state index in [4.69, 9.17) is 10.5 Å². The molecule has 0 fully saturated rings. The number of likely N-dealkylation sites (N-methyl/N-ethyl adjacent to an activating group) is 1. The van der Waals surface area contributed by atoms with E-state index < -0.39 is 0 Å². The summed E-state index contributed by atoms with van der Waals surface area (Å²) >= 11 is 0. The van der Waals surface area contributed by atoms with Gasteiger partial charge in [0.25, 0.3) is 0 Å². The van der Waals surface area contributed by atoms with Crippen LogP contribution in [0.1, 0.15) is 25.0 Å². The van der Waals surface area contributed by atoms with Gasteiger partial charge in [0, 0.05) is 19.7 Å². The summed E-state index contributed by atoms with van der Waals surface area (Å²) in [6.07, 6.45) is 0.960. The Morgan fingerprint density at radius 1 is 1.11 bits per heavy atom. The van der Waals surface area contributed by atoms with E-state index in [0.717, 1.165) is 45.8 Å². The molecule has 0 aliphatic carbocycles. The molecular formula is C15H26N2O. The zero-order valence-corrected chi connectivity index (χ0v) is 11.7. The lowest BCUT2D eigenvalue weighted by atomic mass is 10.1. The first-order chi connectivity index (χ1) is 8.80. The van der Waals surface area contributed by atoms with Crippen molar-refractivity contribution >= 4 is 0 Å². The van der Waals surface area contributed by atoms with Crippen LogP contribution < -0.4 is 5.73 Å². The van der Waals surface area contributed by atoms with Crippen molar-refractivity contribution in [3.63, 3.8) is 0 Å². The number of benzene rings is 1. The maximum absolute atomic E-state index is 5.55. The Labute approximate surface area is 111 Å². The molecule has 0 atom stereocenters. The highest BCUT2D eigenvalue weighted by Gasteiger charge is 2.03. The quantitative estimate of drug-likeness (QED) is 0.682. The summed E-state index contributed by atoms with van der Waals surface area (Å²) in [5, 5.41) is 0. The predicted octanol–water partition coefficient (Wildman–Crippen LogP) is 2.05. The lowest BCUT2D eigenvalue weighted by Gasteiger charge is -2.20. The fourth-order valence-electron chi connectivity index (χ4n) is 1.92. The third-order valence-electron chi connectivity index (χ3n) is 3.07. The van der Waals surface area contributed by atoms with E-state index in [-0.39, 0.29) is 0 Å². The largest absolute Gasteiger partial charge is 0.380 e. The molecule has 0 bridgehead atoms. The topological polar surface area (TPSA) is 38.5 Å². The van der Waals surface area contributed by atoms with Crippen LogP contribution in [0.4, 0.5) is 0 Å². The summed E-state index contributed by atoms with van der Waals surface area (Å²) < 4.78 is 5.40. The molecule has 0 saturated heterocycles. The van der Waals surface area contributed by atoms with Crippen LogP contribution in [-0.4, -0.2) is 37.7 Å². The molecule has 0 aliphatic heterocycles.